The summed E-state index contributed by atoms with van der Waals surface area (Å²) in [7, 11) is 3.20. The first-order valence-electron chi connectivity index (χ1n) is 7.55. The summed E-state index contributed by atoms with van der Waals surface area (Å²) in [6.45, 7) is 3.68. The lowest BCUT2D eigenvalue weighted by Gasteiger charge is -2.08. The van der Waals surface area contributed by atoms with Crippen molar-refractivity contribution in [3.63, 3.8) is 0 Å². The summed E-state index contributed by atoms with van der Waals surface area (Å²) in [6, 6.07) is 2.93. The van der Waals surface area contributed by atoms with Crippen LogP contribution in [-0.4, -0.2) is 46.1 Å². The van der Waals surface area contributed by atoms with Gasteiger partial charge in [-0.25, -0.2) is 9.59 Å². The van der Waals surface area contributed by atoms with E-state index >= 15 is 0 Å². The predicted molar refractivity (Wildman–Crippen MR) is 94.6 cm³/mol. The van der Waals surface area contributed by atoms with Gasteiger partial charge < -0.3 is 20.7 Å². The topological polar surface area (TPSA) is 129 Å². The summed E-state index contributed by atoms with van der Waals surface area (Å²) in [5.41, 5.74) is 7.59. The summed E-state index contributed by atoms with van der Waals surface area (Å²) >= 11 is 0. The number of aromatic amines is 1. The number of nitrogens with two attached hydrogens (primary N) is 1. The van der Waals surface area contributed by atoms with Crippen molar-refractivity contribution in [1.82, 2.24) is 14.9 Å². The molecule has 0 saturated heterocycles. The van der Waals surface area contributed by atoms with E-state index in [1.54, 1.807) is 39.3 Å². The summed E-state index contributed by atoms with van der Waals surface area (Å²) < 4.78 is 0. The van der Waals surface area contributed by atoms with Crippen LogP contribution >= 0.6 is 0 Å². The molecule has 8 heteroatoms. The van der Waals surface area contributed by atoms with Gasteiger partial charge in [0, 0.05) is 48.9 Å². The fourth-order valence-electron chi connectivity index (χ4n) is 1.93. The van der Waals surface area contributed by atoms with E-state index in [0.717, 1.165) is 5.56 Å². The Labute approximate surface area is 145 Å². The SMILES string of the molecule is CCc1cc(-c2cncc(C(=O)O)c2)c(C)[nH]c1=O.CN(C)C(N)=O. The Morgan fingerprint density at radius 1 is 1.28 bits per heavy atom. The Hall–Kier alpha value is -3.16. The molecule has 2 rings (SSSR count). The van der Waals surface area contributed by atoms with Crippen molar-refractivity contribution in [1.29, 1.82) is 0 Å². The Kier molecular flexibility index (Phi) is 6.86. The number of carbonyl (C=O) groups is 2. The molecule has 0 aliphatic rings. The molecule has 4 N–H and O–H groups in total. The summed E-state index contributed by atoms with van der Waals surface area (Å²) in [5, 5.41) is 8.97. The van der Waals surface area contributed by atoms with E-state index in [1.165, 1.54) is 11.1 Å². The average molecular weight is 346 g/mol. The summed E-state index contributed by atoms with van der Waals surface area (Å²) in [5.74, 6) is -1.02. The first-order valence-corrected chi connectivity index (χ1v) is 7.55. The van der Waals surface area contributed by atoms with Crippen LogP contribution in [0.2, 0.25) is 0 Å². The molecule has 0 aliphatic carbocycles. The van der Waals surface area contributed by atoms with Gasteiger partial charge in [-0.1, -0.05) is 6.92 Å². The van der Waals surface area contributed by atoms with E-state index in [1.807, 2.05) is 6.92 Å². The fraction of sp³-hybridized carbons (Fsp3) is 0.294. The predicted octanol–water partition coefficient (Wildman–Crippen LogP) is 1.63. The van der Waals surface area contributed by atoms with Crippen molar-refractivity contribution in [3.05, 3.63) is 51.7 Å². The minimum absolute atomic E-state index is 0.105. The van der Waals surface area contributed by atoms with E-state index in [0.29, 0.717) is 23.2 Å². The Balaban J connectivity index is 0.000000450. The van der Waals surface area contributed by atoms with Crippen LogP contribution in [0.15, 0.2) is 29.3 Å². The van der Waals surface area contributed by atoms with Gasteiger partial charge in [0.1, 0.15) is 0 Å². The number of pyridine rings is 2. The second kappa shape index (κ2) is 8.62. The van der Waals surface area contributed by atoms with E-state index in [-0.39, 0.29) is 11.1 Å². The van der Waals surface area contributed by atoms with Gasteiger partial charge in [-0.15, -0.1) is 0 Å². The molecule has 25 heavy (non-hydrogen) atoms. The Bertz CT molecular complexity index is 828. The Morgan fingerprint density at radius 3 is 2.36 bits per heavy atom. The number of primary amides is 1. The standard InChI is InChI=1S/C14H14N2O3.C3H8N2O/c1-3-9-5-12(8(2)16-13(9)17)10-4-11(14(18)19)7-15-6-10;1-5(2)3(4)6/h4-7H,3H2,1-2H3,(H,16,17)(H,18,19);1-2H3,(H2,4,6). The van der Waals surface area contributed by atoms with Gasteiger partial charge in [-0.05, 0) is 25.5 Å². The molecule has 0 fully saturated rings. The second-order valence-corrected chi connectivity index (χ2v) is 5.52. The third kappa shape index (κ3) is 5.45. The minimum Gasteiger partial charge on any atom is -0.478 e. The lowest BCUT2D eigenvalue weighted by molar-refractivity contribution is 0.0696. The zero-order valence-corrected chi connectivity index (χ0v) is 14.7. The van der Waals surface area contributed by atoms with Crippen LogP contribution in [0.3, 0.4) is 0 Å². The number of H-pyrrole nitrogens is 1. The van der Waals surface area contributed by atoms with Gasteiger partial charge >= 0.3 is 12.0 Å². The van der Waals surface area contributed by atoms with E-state index in [4.69, 9.17) is 10.8 Å². The summed E-state index contributed by atoms with van der Waals surface area (Å²) in [4.78, 5) is 40.5. The number of rotatable bonds is 3. The molecule has 0 saturated carbocycles. The fourth-order valence-corrected chi connectivity index (χ4v) is 1.93. The van der Waals surface area contributed by atoms with Crippen LogP contribution in [0.1, 0.15) is 28.5 Å². The quantitative estimate of drug-likeness (QED) is 0.778. The number of amides is 2. The van der Waals surface area contributed by atoms with Crippen molar-refractivity contribution in [3.8, 4) is 11.1 Å². The van der Waals surface area contributed by atoms with Crippen molar-refractivity contribution in [2.24, 2.45) is 5.73 Å². The first kappa shape index (κ1) is 19.9. The van der Waals surface area contributed by atoms with Gasteiger partial charge in [0.15, 0.2) is 0 Å². The van der Waals surface area contributed by atoms with Crippen LogP contribution in [0.5, 0.6) is 0 Å². The maximum Gasteiger partial charge on any atom is 0.337 e. The van der Waals surface area contributed by atoms with E-state index in [9.17, 15) is 14.4 Å². The van der Waals surface area contributed by atoms with Gasteiger partial charge in [0.05, 0.1) is 5.56 Å². The number of nitrogens with one attached hydrogen (secondary N) is 1. The maximum atomic E-state index is 11.7. The number of aryl methyl sites for hydroxylation is 2. The van der Waals surface area contributed by atoms with E-state index in [2.05, 4.69) is 9.97 Å². The molecule has 2 aromatic heterocycles. The molecule has 0 unspecified atom stereocenters. The molecule has 0 spiro atoms. The minimum atomic E-state index is -1.02. The third-order valence-corrected chi connectivity index (χ3v) is 3.43. The van der Waals surface area contributed by atoms with Gasteiger partial charge in [0.2, 0.25) is 0 Å². The smallest absolute Gasteiger partial charge is 0.337 e. The van der Waals surface area contributed by atoms with Crippen LogP contribution in [0.4, 0.5) is 4.79 Å². The molecule has 134 valence electrons. The average Bonchev–Trinajstić information content (AvgIpc) is 2.55. The normalized spacial score (nSPS) is 9.76. The number of carboxylic acids is 1. The van der Waals surface area contributed by atoms with Crippen molar-refractivity contribution >= 4 is 12.0 Å². The van der Waals surface area contributed by atoms with Gasteiger partial charge in [-0.2, -0.15) is 0 Å². The van der Waals surface area contributed by atoms with E-state index < -0.39 is 12.0 Å². The van der Waals surface area contributed by atoms with Crippen LogP contribution in [0, 0.1) is 6.92 Å². The molecule has 0 aromatic carbocycles. The number of hydrogen-bond acceptors (Lipinski definition) is 4. The van der Waals surface area contributed by atoms with Crippen LogP contribution < -0.4 is 11.3 Å². The zero-order valence-electron chi connectivity index (χ0n) is 14.7. The van der Waals surface area contributed by atoms with Crippen molar-refractivity contribution < 1.29 is 14.7 Å². The molecular formula is C17H22N4O4. The Morgan fingerprint density at radius 2 is 1.88 bits per heavy atom. The number of urea groups is 1. The lowest BCUT2D eigenvalue weighted by Crippen LogP contribution is -2.27. The molecule has 0 bridgehead atoms. The lowest BCUT2D eigenvalue weighted by atomic mass is 10.0. The number of aromatic carboxylic acids is 1. The number of hydrogen-bond donors (Lipinski definition) is 3. The molecule has 2 amide bonds. The molecule has 0 atom stereocenters. The van der Waals surface area contributed by atoms with Gasteiger partial charge in [0.25, 0.3) is 5.56 Å². The number of carbonyl (C=O) groups excluding carboxylic acids is 1. The second-order valence-electron chi connectivity index (χ2n) is 5.52. The van der Waals surface area contributed by atoms with Crippen LogP contribution in [0.25, 0.3) is 11.1 Å². The number of carboxylic acid groups (broad SMARTS) is 1. The molecule has 0 radical (unpaired) electrons. The van der Waals surface area contributed by atoms with Crippen molar-refractivity contribution in [2.75, 3.05) is 14.1 Å². The highest BCUT2D eigenvalue weighted by atomic mass is 16.4. The monoisotopic (exact) mass is 346 g/mol. The largest absolute Gasteiger partial charge is 0.478 e. The zero-order chi connectivity index (χ0) is 19.1. The van der Waals surface area contributed by atoms with Crippen LogP contribution in [-0.2, 0) is 6.42 Å². The van der Waals surface area contributed by atoms with Crippen molar-refractivity contribution in [2.45, 2.75) is 20.3 Å². The van der Waals surface area contributed by atoms with Gasteiger partial charge in [-0.3, -0.25) is 9.78 Å². The maximum absolute atomic E-state index is 11.7. The molecule has 2 heterocycles. The summed E-state index contributed by atoms with van der Waals surface area (Å²) in [6.07, 6.45) is 3.51. The molecular weight excluding hydrogens is 324 g/mol. The number of aromatic nitrogens is 2. The number of nitrogens with zero attached hydrogens (tertiary/aromatic N) is 2. The molecule has 2 aromatic rings. The highest BCUT2D eigenvalue weighted by Crippen LogP contribution is 2.22. The third-order valence-electron chi connectivity index (χ3n) is 3.43. The first-order chi connectivity index (χ1) is 11.7. The highest BCUT2D eigenvalue weighted by molar-refractivity contribution is 5.89. The molecule has 0 aliphatic heterocycles. The molecule has 8 nitrogen and oxygen atoms in total. The highest BCUT2D eigenvalue weighted by Gasteiger charge is 2.10.